The molecule has 0 saturated carbocycles. The first-order chi connectivity index (χ1) is 13.4. The molecular weight excluding hydrogens is 396 g/mol. The summed E-state index contributed by atoms with van der Waals surface area (Å²) < 4.78 is 5.67. The monoisotopic (exact) mass is 420 g/mol. The van der Waals surface area contributed by atoms with E-state index in [9.17, 15) is 9.59 Å². The summed E-state index contributed by atoms with van der Waals surface area (Å²) in [5.74, 6) is 0.319. The molecule has 1 aliphatic carbocycles. The van der Waals surface area contributed by atoms with Crippen LogP contribution in [0.3, 0.4) is 0 Å². The minimum Gasteiger partial charge on any atom is -0.481 e. The summed E-state index contributed by atoms with van der Waals surface area (Å²) >= 11 is 7.42. The van der Waals surface area contributed by atoms with Crippen LogP contribution in [-0.2, 0) is 17.6 Å². The van der Waals surface area contributed by atoms with E-state index in [0.717, 1.165) is 36.1 Å². The third-order valence-electron chi connectivity index (χ3n) is 5.03. The van der Waals surface area contributed by atoms with E-state index < -0.39 is 12.0 Å². The lowest BCUT2D eigenvalue weighted by atomic mass is 9.84. The Morgan fingerprint density at radius 1 is 1.43 bits per heavy atom. The second-order valence-electron chi connectivity index (χ2n) is 7.18. The first-order valence-electron chi connectivity index (χ1n) is 9.56. The number of hydrogen-bond acceptors (Lipinski definition) is 4. The van der Waals surface area contributed by atoms with Crippen LogP contribution in [0, 0.1) is 5.92 Å². The van der Waals surface area contributed by atoms with Gasteiger partial charge >= 0.3 is 0 Å². The molecule has 0 fully saturated rings. The molecular formula is C21H25ClN2O3S. The molecule has 2 unspecified atom stereocenters. The first-order valence-corrected chi connectivity index (χ1v) is 10.8. The van der Waals surface area contributed by atoms with Crippen LogP contribution in [0.2, 0.25) is 5.02 Å². The summed E-state index contributed by atoms with van der Waals surface area (Å²) in [6, 6.07) is 6.88. The maximum Gasteiger partial charge on any atom is 0.265 e. The Morgan fingerprint density at radius 2 is 2.21 bits per heavy atom. The van der Waals surface area contributed by atoms with Gasteiger partial charge in [0.15, 0.2) is 6.10 Å². The van der Waals surface area contributed by atoms with E-state index in [-0.39, 0.29) is 5.91 Å². The molecule has 0 bridgehead atoms. The average molecular weight is 421 g/mol. The van der Waals surface area contributed by atoms with Gasteiger partial charge in [0.25, 0.3) is 11.8 Å². The quantitative estimate of drug-likeness (QED) is 0.674. The highest BCUT2D eigenvalue weighted by atomic mass is 35.5. The third kappa shape index (κ3) is 4.67. The minimum atomic E-state index is -0.744. The maximum atomic E-state index is 12.6. The smallest absolute Gasteiger partial charge is 0.265 e. The molecule has 2 atom stereocenters. The third-order valence-corrected chi connectivity index (χ3v) is 6.43. The summed E-state index contributed by atoms with van der Waals surface area (Å²) in [6.45, 7) is 3.84. The Hall–Kier alpha value is -2.05. The number of carbonyl (C=O) groups excluding carboxylic acids is 2. The fourth-order valence-corrected chi connectivity index (χ4v) is 5.22. The van der Waals surface area contributed by atoms with Crippen molar-refractivity contribution in [2.24, 2.45) is 11.7 Å². The van der Waals surface area contributed by atoms with Crippen LogP contribution >= 0.6 is 22.9 Å². The van der Waals surface area contributed by atoms with Crippen molar-refractivity contribution in [1.29, 1.82) is 0 Å². The number of halogens is 1. The fourth-order valence-electron chi connectivity index (χ4n) is 3.67. The number of thiophene rings is 1. The summed E-state index contributed by atoms with van der Waals surface area (Å²) in [7, 11) is 0. The van der Waals surface area contributed by atoms with E-state index in [0.29, 0.717) is 27.3 Å². The van der Waals surface area contributed by atoms with Crippen LogP contribution in [0.1, 0.15) is 53.9 Å². The largest absolute Gasteiger partial charge is 0.481 e. The van der Waals surface area contributed by atoms with Crippen molar-refractivity contribution in [2.45, 2.75) is 52.1 Å². The number of ether oxygens (including phenoxy) is 1. The molecule has 1 heterocycles. The van der Waals surface area contributed by atoms with E-state index in [2.05, 4.69) is 12.2 Å². The lowest BCUT2D eigenvalue weighted by Crippen LogP contribution is -2.30. The standard InChI is InChI=1S/C21H25ClN2O3S/c1-3-5-13-8-9-16-17(10-13)28-21(18(16)19(23)25)24-20(26)12(2)27-15-7-4-6-14(22)11-15/h4,6-7,11-13H,3,5,8-10H2,1-2H3,(H2,23,25)(H,24,26). The van der Waals surface area contributed by atoms with Gasteiger partial charge in [-0.2, -0.15) is 0 Å². The van der Waals surface area contributed by atoms with Gasteiger partial charge in [-0.05, 0) is 55.9 Å². The van der Waals surface area contributed by atoms with Crippen molar-refractivity contribution in [2.75, 3.05) is 5.32 Å². The second-order valence-corrected chi connectivity index (χ2v) is 8.72. The number of hydrogen-bond donors (Lipinski definition) is 2. The van der Waals surface area contributed by atoms with Gasteiger partial charge in [-0.25, -0.2) is 0 Å². The molecule has 1 aromatic carbocycles. The topological polar surface area (TPSA) is 81.4 Å². The molecule has 150 valence electrons. The molecule has 2 amide bonds. The summed E-state index contributed by atoms with van der Waals surface area (Å²) in [5, 5.41) is 3.92. The zero-order valence-corrected chi connectivity index (χ0v) is 17.7. The average Bonchev–Trinajstić information content (AvgIpc) is 2.99. The number of amides is 2. The van der Waals surface area contributed by atoms with Gasteiger partial charge in [-0.3, -0.25) is 9.59 Å². The normalized spacial score (nSPS) is 16.9. The van der Waals surface area contributed by atoms with Crippen molar-refractivity contribution in [1.82, 2.24) is 0 Å². The Morgan fingerprint density at radius 3 is 2.89 bits per heavy atom. The van der Waals surface area contributed by atoms with Crippen LogP contribution in [0.5, 0.6) is 5.75 Å². The number of carbonyl (C=O) groups is 2. The van der Waals surface area contributed by atoms with Gasteiger partial charge < -0.3 is 15.8 Å². The number of fused-ring (bicyclic) bond motifs is 1. The molecule has 0 spiro atoms. The molecule has 2 aromatic rings. The fraction of sp³-hybridized carbons (Fsp3) is 0.429. The molecule has 1 aliphatic rings. The number of primary amides is 1. The van der Waals surface area contributed by atoms with Crippen LogP contribution in [0.4, 0.5) is 5.00 Å². The Balaban J connectivity index is 1.76. The highest BCUT2D eigenvalue weighted by Gasteiger charge is 2.29. The molecule has 0 aliphatic heterocycles. The molecule has 1 aromatic heterocycles. The summed E-state index contributed by atoms with van der Waals surface area (Å²) in [4.78, 5) is 25.9. The molecule has 0 saturated heterocycles. The number of rotatable bonds is 7. The predicted molar refractivity (Wildman–Crippen MR) is 113 cm³/mol. The molecule has 0 radical (unpaired) electrons. The van der Waals surface area contributed by atoms with Crippen molar-refractivity contribution >= 4 is 39.8 Å². The Labute approximate surface area is 174 Å². The minimum absolute atomic E-state index is 0.328. The van der Waals surface area contributed by atoms with Crippen molar-refractivity contribution in [3.63, 3.8) is 0 Å². The van der Waals surface area contributed by atoms with E-state index in [1.165, 1.54) is 17.8 Å². The Kier molecular flexibility index (Phi) is 6.62. The van der Waals surface area contributed by atoms with Gasteiger partial charge in [0.05, 0.1) is 5.56 Å². The van der Waals surface area contributed by atoms with Crippen molar-refractivity contribution in [3.05, 3.63) is 45.3 Å². The predicted octanol–water partition coefficient (Wildman–Crippen LogP) is 4.81. The van der Waals surface area contributed by atoms with Crippen LogP contribution in [-0.4, -0.2) is 17.9 Å². The van der Waals surface area contributed by atoms with Gasteiger partial charge in [0, 0.05) is 9.90 Å². The molecule has 7 heteroatoms. The maximum absolute atomic E-state index is 12.6. The van der Waals surface area contributed by atoms with Gasteiger partial charge in [0.2, 0.25) is 0 Å². The zero-order chi connectivity index (χ0) is 20.3. The first kappa shape index (κ1) is 20.7. The van der Waals surface area contributed by atoms with Gasteiger partial charge in [-0.1, -0.05) is 37.4 Å². The SMILES string of the molecule is CCCC1CCc2c(sc(NC(=O)C(C)Oc3cccc(Cl)c3)c2C(N)=O)C1. The number of nitrogens with one attached hydrogen (secondary N) is 1. The van der Waals surface area contributed by atoms with Gasteiger partial charge in [-0.15, -0.1) is 11.3 Å². The number of anilines is 1. The number of benzene rings is 1. The van der Waals surface area contributed by atoms with E-state index >= 15 is 0 Å². The highest BCUT2D eigenvalue weighted by molar-refractivity contribution is 7.17. The lowest BCUT2D eigenvalue weighted by Gasteiger charge is -2.21. The number of nitrogens with two attached hydrogens (primary N) is 1. The van der Waals surface area contributed by atoms with E-state index in [1.807, 2.05) is 0 Å². The molecule has 5 nitrogen and oxygen atoms in total. The zero-order valence-electron chi connectivity index (χ0n) is 16.1. The second kappa shape index (κ2) is 8.97. The lowest BCUT2D eigenvalue weighted by molar-refractivity contribution is -0.122. The molecule has 3 N–H and O–H groups in total. The van der Waals surface area contributed by atoms with E-state index in [4.69, 9.17) is 22.1 Å². The Bertz CT molecular complexity index is 881. The van der Waals surface area contributed by atoms with E-state index in [1.54, 1.807) is 31.2 Å². The van der Waals surface area contributed by atoms with Crippen LogP contribution < -0.4 is 15.8 Å². The van der Waals surface area contributed by atoms with Crippen LogP contribution in [0.25, 0.3) is 0 Å². The summed E-state index contributed by atoms with van der Waals surface area (Å²) in [6.07, 6.45) is 4.41. The molecule has 28 heavy (non-hydrogen) atoms. The summed E-state index contributed by atoms with van der Waals surface area (Å²) in [5.41, 5.74) is 7.10. The van der Waals surface area contributed by atoms with Crippen LogP contribution in [0.15, 0.2) is 24.3 Å². The van der Waals surface area contributed by atoms with Gasteiger partial charge in [0.1, 0.15) is 10.8 Å². The highest BCUT2D eigenvalue weighted by Crippen LogP contribution is 2.40. The van der Waals surface area contributed by atoms with Crippen molar-refractivity contribution < 1.29 is 14.3 Å². The van der Waals surface area contributed by atoms with Crippen molar-refractivity contribution in [3.8, 4) is 5.75 Å². The molecule has 3 rings (SSSR count).